The topological polar surface area (TPSA) is 20.3 Å². The van der Waals surface area contributed by atoms with Gasteiger partial charge in [0.15, 0.2) is 0 Å². The molecule has 1 rings (SSSR count). The van der Waals surface area contributed by atoms with Gasteiger partial charge in [-0.15, -0.1) is 12.6 Å². The average Bonchev–Trinajstić information content (AvgIpc) is 2.28. The Labute approximate surface area is 114 Å². The van der Waals surface area contributed by atoms with Gasteiger partial charge >= 0.3 is 0 Å². The van der Waals surface area contributed by atoms with Gasteiger partial charge in [0, 0.05) is 23.0 Å². The smallest absolute Gasteiger partial charge is 0.254 e. The Bertz CT molecular complexity index is 432. The Morgan fingerprint density at radius 3 is 2.39 bits per heavy atom. The molecule has 0 aliphatic rings. The highest BCUT2D eigenvalue weighted by Gasteiger charge is 2.20. The van der Waals surface area contributed by atoms with Gasteiger partial charge in [-0.25, -0.2) is 4.39 Å². The molecule has 0 bridgehead atoms. The van der Waals surface area contributed by atoms with Crippen molar-refractivity contribution in [3.8, 4) is 0 Å². The van der Waals surface area contributed by atoms with Gasteiger partial charge in [-0.1, -0.05) is 13.8 Å². The lowest BCUT2D eigenvalue weighted by Crippen LogP contribution is -2.39. The Morgan fingerprint density at radius 1 is 1.33 bits per heavy atom. The zero-order valence-electron chi connectivity index (χ0n) is 11.3. The van der Waals surface area contributed by atoms with Crippen LogP contribution < -0.4 is 0 Å². The lowest BCUT2D eigenvalue weighted by atomic mass is 10.1. The van der Waals surface area contributed by atoms with Gasteiger partial charge in [0.2, 0.25) is 0 Å². The number of hydrogen-bond acceptors (Lipinski definition) is 2. The second kappa shape index (κ2) is 6.23. The number of rotatable bonds is 4. The van der Waals surface area contributed by atoms with E-state index in [4.69, 9.17) is 0 Å². The molecule has 0 unspecified atom stereocenters. The summed E-state index contributed by atoms with van der Waals surface area (Å²) in [6, 6.07) is 4.39. The predicted molar refractivity (Wildman–Crippen MR) is 74.7 cm³/mol. The van der Waals surface area contributed by atoms with Crippen LogP contribution in [-0.4, -0.2) is 23.4 Å². The maximum absolute atomic E-state index is 13.1. The molecule has 0 saturated heterocycles. The monoisotopic (exact) mass is 269 g/mol. The molecule has 0 spiro atoms. The summed E-state index contributed by atoms with van der Waals surface area (Å²) in [5.41, 5.74) is 0.482. The van der Waals surface area contributed by atoms with Crippen LogP contribution in [0.1, 0.15) is 38.1 Å². The van der Waals surface area contributed by atoms with E-state index >= 15 is 0 Å². The van der Waals surface area contributed by atoms with Crippen molar-refractivity contribution in [3.63, 3.8) is 0 Å². The molecule has 18 heavy (non-hydrogen) atoms. The van der Waals surface area contributed by atoms with Crippen molar-refractivity contribution in [2.75, 3.05) is 6.54 Å². The van der Waals surface area contributed by atoms with Crippen LogP contribution in [0.25, 0.3) is 0 Å². The molecule has 0 N–H and O–H groups in total. The first-order valence-corrected chi connectivity index (χ1v) is 6.57. The minimum absolute atomic E-state index is 0.0750. The number of nitrogens with zero attached hydrogens (tertiary/aromatic N) is 1. The SMILES string of the molecule is CC(C)CN(C(=O)c1ccc(F)c(S)c1)C(C)C. The van der Waals surface area contributed by atoms with E-state index in [1.165, 1.54) is 18.2 Å². The lowest BCUT2D eigenvalue weighted by Gasteiger charge is -2.28. The van der Waals surface area contributed by atoms with E-state index in [1.54, 1.807) is 4.90 Å². The Balaban J connectivity index is 2.98. The molecule has 2 nitrogen and oxygen atoms in total. The highest BCUT2D eigenvalue weighted by molar-refractivity contribution is 7.80. The van der Waals surface area contributed by atoms with Crippen LogP contribution in [0.4, 0.5) is 4.39 Å². The van der Waals surface area contributed by atoms with Crippen LogP contribution in [0.5, 0.6) is 0 Å². The Morgan fingerprint density at radius 2 is 1.94 bits per heavy atom. The molecule has 1 aromatic rings. The molecule has 0 atom stereocenters. The van der Waals surface area contributed by atoms with Crippen LogP contribution in [0.2, 0.25) is 0 Å². The maximum Gasteiger partial charge on any atom is 0.254 e. The predicted octanol–water partition coefficient (Wildman–Crippen LogP) is 3.62. The lowest BCUT2D eigenvalue weighted by molar-refractivity contribution is 0.0681. The number of hydrogen-bond donors (Lipinski definition) is 1. The molecular formula is C14H20FNOS. The summed E-state index contributed by atoms with van der Waals surface area (Å²) in [6.45, 7) is 8.78. The number of carbonyl (C=O) groups excluding carboxylic acids is 1. The third-order valence-corrected chi connectivity index (χ3v) is 2.98. The highest BCUT2D eigenvalue weighted by atomic mass is 32.1. The van der Waals surface area contributed by atoms with Crippen LogP contribution in [0, 0.1) is 11.7 Å². The molecule has 0 aliphatic heterocycles. The van der Waals surface area contributed by atoms with Crippen LogP contribution >= 0.6 is 12.6 Å². The van der Waals surface area contributed by atoms with Crippen molar-refractivity contribution in [2.45, 2.75) is 38.6 Å². The molecule has 100 valence electrons. The molecule has 1 aromatic carbocycles. The molecular weight excluding hydrogens is 249 g/mol. The van der Waals surface area contributed by atoms with Crippen molar-refractivity contribution < 1.29 is 9.18 Å². The summed E-state index contributed by atoms with van der Waals surface area (Å²) in [4.78, 5) is 14.4. The molecule has 0 fully saturated rings. The fourth-order valence-corrected chi connectivity index (χ4v) is 1.95. The van der Waals surface area contributed by atoms with Crippen LogP contribution in [0.15, 0.2) is 23.1 Å². The molecule has 0 aliphatic carbocycles. The van der Waals surface area contributed by atoms with E-state index in [1.807, 2.05) is 13.8 Å². The third-order valence-electron chi connectivity index (χ3n) is 2.64. The van der Waals surface area contributed by atoms with Gasteiger partial charge in [0.1, 0.15) is 5.82 Å². The molecule has 0 aromatic heterocycles. The molecule has 0 saturated carbocycles. The largest absolute Gasteiger partial charge is 0.336 e. The average molecular weight is 269 g/mol. The van der Waals surface area contributed by atoms with Gasteiger partial charge in [-0.2, -0.15) is 0 Å². The summed E-state index contributed by atoms with van der Waals surface area (Å²) in [7, 11) is 0. The summed E-state index contributed by atoms with van der Waals surface area (Å²) >= 11 is 4.01. The number of thiol groups is 1. The van der Waals surface area contributed by atoms with Crippen molar-refractivity contribution in [1.29, 1.82) is 0 Å². The van der Waals surface area contributed by atoms with E-state index in [0.717, 1.165) is 0 Å². The zero-order chi connectivity index (χ0) is 13.9. The summed E-state index contributed by atoms with van der Waals surface area (Å²) in [5, 5.41) is 0. The third kappa shape index (κ3) is 3.73. The molecule has 1 amide bonds. The molecule has 0 radical (unpaired) electrons. The minimum atomic E-state index is -0.408. The second-order valence-electron chi connectivity index (χ2n) is 5.11. The van der Waals surface area contributed by atoms with Crippen LogP contribution in [-0.2, 0) is 0 Å². The summed E-state index contributed by atoms with van der Waals surface area (Å²) < 4.78 is 13.1. The normalized spacial score (nSPS) is 11.1. The van der Waals surface area contributed by atoms with Crippen LogP contribution in [0.3, 0.4) is 0 Å². The fourth-order valence-electron chi connectivity index (χ4n) is 1.73. The van der Waals surface area contributed by atoms with Crippen molar-refractivity contribution >= 4 is 18.5 Å². The van der Waals surface area contributed by atoms with E-state index in [-0.39, 0.29) is 16.8 Å². The quantitative estimate of drug-likeness (QED) is 0.828. The molecule has 0 heterocycles. The minimum Gasteiger partial charge on any atom is -0.336 e. The van der Waals surface area contributed by atoms with Gasteiger partial charge < -0.3 is 4.90 Å². The Kier molecular flexibility index (Phi) is 5.20. The molecule has 4 heteroatoms. The van der Waals surface area contributed by atoms with Gasteiger partial charge in [-0.3, -0.25) is 4.79 Å². The number of carbonyl (C=O) groups is 1. The standard InChI is InChI=1S/C14H20FNOS/c1-9(2)8-16(10(3)4)14(17)11-5-6-12(15)13(18)7-11/h5-7,9-10,18H,8H2,1-4H3. The maximum atomic E-state index is 13.1. The van der Waals surface area contributed by atoms with E-state index in [0.29, 0.717) is 18.0 Å². The highest BCUT2D eigenvalue weighted by Crippen LogP contribution is 2.17. The second-order valence-corrected chi connectivity index (χ2v) is 5.59. The van der Waals surface area contributed by atoms with Crippen molar-refractivity contribution in [3.05, 3.63) is 29.6 Å². The first-order valence-electron chi connectivity index (χ1n) is 6.12. The number of amides is 1. The zero-order valence-corrected chi connectivity index (χ0v) is 12.2. The summed E-state index contributed by atoms with van der Waals surface area (Å²) in [6.07, 6.45) is 0. The number of halogens is 1. The van der Waals surface area contributed by atoms with Crippen molar-refractivity contribution in [1.82, 2.24) is 4.90 Å². The van der Waals surface area contributed by atoms with Gasteiger partial charge in [-0.05, 0) is 38.0 Å². The fraction of sp³-hybridized carbons (Fsp3) is 0.500. The Hall–Kier alpha value is -1.03. The van der Waals surface area contributed by atoms with Gasteiger partial charge in [0.25, 0.3) is 5.91 Å². The van der Waals surface area contributed by atoms with Gasteiger partial charge in [0.05, 0.1) is 0 Å². The van der Waals surface area contributed by atoms with E-state index < -0.39 is 5.82 Å². The number of benzene rings is 1. The van der Waals surface area contributed by atoms with E-state index in [9.17, 15) is 9.18 Å². The first-order chi connectivity index (χ1) is 8.32. The van der Waals surface area contributed by atoms with E-state index in [2.05, 4.69) is 26.5 Å². The first kappa shape index (κ1) is 15.0. The van der Waals surface area contributed by atoms with Crippen molar-refractivity contribution in [2.24, 2.45) is 5.92 Å². The summed E-state index contributed by atoms with van der Waals surface area (Å²) in [5.74, 6) is -0.0869.